The van der Waals surface area contributed by atoms with E-state index in [9.17, 15) is 9.90 Å². The molecule has 0 fully saturated rings. The summed E-state index contributed by atoms with van der Waals surface area (Å²) in [6, 6.07) is 9.48. The molecule has 0 radical (unpaired) electrons. The molecule has 0 aromatic heterocycles. The molecule has 0 bridgehead atoms. The maximum Gasteiger partial charge on any atom is 0.321 e. The number of nitrogens with zero attached hydrogens (tertiary/aromatic N) is 1. The van der Waals surface area contributed by atoms with Gasteiger partial charge in [-0.2, -0.15) is 0 Å². The zero-order valence-electron chi connectivity index (χ0n) is 14.1. The molecule has 1 rings (SSSR count). The van der Waals surface area contributed by atoms with Gasteiger partial charge in [0.25, 0.3) is 0 Å². The van der Waals surface area contributed by atoms with Crippen LogP contribution in [0.4, 0.5) is 0 Å². The summed E-state index contributed by atoms with van der Waals surface area (Å²) in [6.45, 7) is 9.64. The monoisotopic (exact) mass is 306 g/mol. The van der Waals surface area contributed by atoms with Gasteiger partial charge >= 0.3 is 5.97 Å². The van der Waals surface area contributed by atoms with Crippen LogP contribution in [0.3, 0.4) is 0 Å². The second kappa shape index (κ2) is 10.4. The topological polar surface area (TPSA) is 52.6 Å². The summed E-state index contributed by atoms with van der Waals surface area (Å²) >= 11 is 0. The summed E-state index contributed by atoms with van der Waals surface area (Å²) in [5, 5.41) is 12.7. The van der Waals surface area contributed by atoms with Gasteiger partial charge in [-0.25, -0.2) is 0 Å². The first-order chi connectivity index (χ1) is 10.6. The minimum Gasteiger partial charge on any atom is -0.480 e. The number of benzene rings is 1. The number of hydrogen-bond donors (Lipinski definition) is 2. The maximum absolute atomic E-state index is 11.4. The Bertz CT molecular complexity index is 418. The third-order valence-electron chi connectivity index (χ3n) is 4.07. The molecule has 2 atom stereocenters. The molecular weight excluding hydrogens is 276 g/mol. The lowest BCUT2D eigenvalue weighted by Gasteiger charge is -2.22. The molecule has 2 N–H and O–H groups in total. The number of carbonyl (C=O) groups is 1. The number of rotatable bonds is 11. The largest absolute Gasteiger partial charge is 0.480 e. The highest BCUT2D eigenvalue weighted by Gasteiger charge is 2.19. The van der Waals surface area contributed by atoms with E-state index in [0.717, 1.165) is 38.0 Å². The molecule has 0 spiro atoms. The minimum absolute atomic E-state index is 0.209. The van der Waals surface area contributed by atoms with Crippen molar-refractivity contribution in [1.29, 1.82) is 0 Å². The Morgan fingerprint density at radius 3 is 2.41 bits per heavy atom. The van der Waals surface area contributed by atoms with Gasteiger partial charge in [0.1, 0.15) is 6.04 Å². The van der Waals surface area contributed by atoms with Gasteiger partial charge in [0, 0.05) is 6.04 Å². The molecule has 4 nitrogen and oxygen atoms in total. The first-order valence-electron chi connectivity index (χ1n) is 8.31. The van der Waals surface area contributed by atoms with Crippen molar-refractivity contribution >= 4 is 5.97 Å². The average Bonchev–Trinajstić information content (AvgIpc) is 2.52. The fraction of sp³-hybridized carbons (Fsp3) is 0.611. The van der Waals surface area contributed by atoms with Crippen molar-refractivity contribution in [2.75, 3.05) is 19.6 Å². The Balaban J connectivity index is 2.41. The first kappa shape index (κ1) is 18.7. The molecule has 0 aliphatic carbocycles. The zero-order chi connectivity index (χ0) is 16.4. The molecule has 0 aliphatic rings. The third kappa shape index (κ3) is 7.05. The Kier molecular flexibility index (Phi) is 8.78. The number of carboxylic acid groups (broad SMARTS) is 1. The van der Waals surface area contributed by atoms with Crippen molar-refractivity contribution in [2.24, 2.45) is 0 Å². The van der Waals surface area contributed by atoms with Gasteiger partial charge in [0.05, 0.1) is 0 Å². The molecule has 1 aromatic rings. The standard InChI is InChI=1S/C18H30N2O2/c1-4-20(5-2)13-9-10-15(3)19-17(18(21)22)14-16-11-7-6-8-12-16/h6-8,11-12,15,17,19H,4-5,9-10,13-14H2,1-3H3,(H,21,22). The third-order valence-corrected chi connectivity index (χ3v) is 4.07. The van der Waals surface area contributed by atoms with Gasteiger partial charge in [-0.1, -0.05) is 44.2 Å². The van der Waals surface area contributed by atoms with Crippen LogP contribution in [0, 0.1) is 0 Å². The molecule has 22 heavy (non-hydrogen) atoms. The summed E-state index contributed by atoms with van der Waals surface area (Å²) < 4.78 is 0. The van der Waals surface area contributed by atoms with Crippen molar-refractivity contribution in [3.05, 3.63) is 35.9 Å². The Labute approximate surface area is 134 Å². The van der Waals surface area contributed by atoms with Crippen molar-refractivity contribution in [1.82, 2.24) is 10.2 Å². The number of hydrogen-bond acceptors (Lipinski definition) is 3. The fourth-order valence-corrected chi connectivity index (χ4v) is 2.66. The minimum atomic E-state index is -0.778. The maximum atomic E-state index is 11.4. The van der Waals surface area contributed by atoms with E-state index in [0.29, 0.717) is 6.42 Å². The van der Waals surface area contributed by atoms with Gasteiger partial charge in [0.2, 0.25) is 0 Å². The molecular formula is C18H30N2O2. The summed E-state index contributed by atoms with van der Waals surface area (Å²) in [7, 11) is 0. The molecule has 1 aromatic carbocycles. The highest BCUT2D eigenvalue weighted by molar-refractivity contribution is 5.74. The summed E-state index contributed by atoms with van der Waals surface area (Å²) in [5.41, 5.74) is 1.05. The lowest BCUT2D eigenvalue weighted by molar-refractivity contribution is -0.139. The van der Waals surface area contributed by atoms with Crippen LogP contribution >= 0.6 is 0 Å². The predicted molar refractivity (Wildman–Crippen MR) is 91.2 cm³/mol. The van der Waals surface area contributed by atoms with E-state index < -0.39 is 12.0 Å². The van der Waals surface area contributed by atoms with Gasteiger partial charge < -0.3 is 15.3 Å². The Morgan fingerprint density at radius 2 is 1.86 bits per heavy atom. The summed E-state index contributed by atoms with van der Waals surface area (Å²) in [4.78, 5) is 13.8. The second-order valence-electron chi connectivity index (χ2n) is 5.82. The first-order valence-corrected chi connectivity index (χ1v) is 8.31. The number of nitrogens with one attached hydrogen (secondary N) is 1. The quantitative estimate of drug-likeness (QED) is 0.660. The molecule has 2 unspecified atom stereocenters. The van der Waals surface area contributed by atoms with Crippen molar-refractivity contribution in [2.45, 2.75) is 52.1 Å². The lowest BCUT2D eigenvalue weighted by Crippen LogP contribution is -2.43. The Hall–Kier alpha value is -1.39. The number of aliphatic carboxylic acids is 1. The highest BCUT2D eigenvalue weighted by atomic mass is 16.4. The summed E-state index contributed by atoms with van der Waals surface area (Å²) in [6.07, 6.45) is 2.61. The predicted octanol–water partition coefficient (Wildman–Crippen LogP) is 2.78. The summed E-state index contributed by atoms with van der Waals surface area (Å²) in [5.74, 6) is -0.778. The molecule has 0 amide bonds. The van der Waals surface area contributed by atoms with E-state index in [4.69, 9.17) is 0 Å². The van der Waals surface area contributed by atoms with Crippen molar-refractivity contribution in [3.63, 3.8) is 0 Å². The molecule has 124 valence electrons. The van der Waals surface area contributed by atoms with E-state index in [1.807, 2.05) is 30.3 Å². The molecule has 4 heteroatoms. The average molecular weight is 306 g/mol. The van der Waals surface area contributed by atoms with Crippen LogP contribution in [0.1, 0.15) is 39.2 Å². The van der Waals surface area contributed by atoms with Crippen LogP contribution < -0.4 is 5.32 Å². The Morgan fingerprint density at radius 1 is 1.23 bits per heavy atom. The van der Waals surface area contributed by atoms with Gasteiger partial charge in [-0.05, 0) is 51.4 Å². The molecule has 0 saturated carbocycles. The molecule has 0 aliphatic heterocycles. The van der Waals surface area contributed by atoms with Crippen LogP contribution in [0.5, 0.6) is 0 Å². The van der Waals surface area contributed by atoms with Gasteiger partial charge in [-0.3, -0.25) is 4.79 Å². The van der Waals surface area contributed by atoms with E-state index in [1.165, 1.54) is 0 Å². The van der Waals surface area contributed by atoms with Crippen molar-refractivity contribution < 1.29 is 9.90 Å². The smallest absolute Gasteiger partial charge is 0.321 e. The second-order valence-corrected chi connectivity index (χ2v) is 5.82. The van der Waals surface area contributed by atoms with Gasteiger partial charge in [-0.15, -0.1) is 0 Å². The highest BCUT2D eigenvalue weighted by Crippen LogP contribution is 2.06. The van der Waals surface area contributed by atoms with E-state index in [2.05, 4.69) is 31.0 Å². The van der Waals surface area contributed by atoms with E-state index >= 15 is 0 Å². The van der Waals surface area contributed by atoms with Crippen LogP contribution in [-0.2, 0) is 11.2 Å². The SMILES string of the molecule is CCN(CC)CCCC(C)NC(Cc1ccccc1)C(=O)O. The zero-order valence-corrected chi connectivity index (χ0v) is 14.1. The van der Waals surface area contributed by atoms with Crippen LogP contribution in [0.25, 0.3) is 0 Å². The fourth-order valence-electron chi connectivity index (χ4n) is 2.66. The van der Waals surface area contributed by atoms with Crippen molar-refractivity contribution in [3.8, 4) is 0 Å². The van der Waals surface area contributed by atoms with Crippen LogP contribution in [0.2, 0.25) is 0 Å². The normalized spacial score (nSPS) is 14.0. The van der Waals surface area contributed by atoms with Crippen LogP contribution in [0.15, 0.2) is 30.3 Å². The van der Waals surface area contributed by atoms with Gasteiger partial charge in [0.15, 0.2) is 0 Å². The van der Waals surface area contributed by atoms with E-state index in [-0.39, 0.29) is 6.04 Å². The molecule has 0 saturated heterocycles. The van der Waals surface area contributed by atoms with E-state index in [1.54, 1.807) is 0 Å². The number of carboxylic acids is 1. The van der Waals surface area contributed by atoms with Crippen LogP contribution in [-0.4, -0.2) is 47.7 Å². The lowest BCUT2D eigenvalue weighted by atomic mass is 10.0. The molecule has 0 heterocycles.